The molecule has 0 aliphatic rings. The summed E-state index contributed by atoms with van der Waals surface area (Å²) >= 11 is 0. The van der Waals surface area contributed by atoms with E-state index in [0.29, 0.717) is 0 Å². The summed E-state index contributed by atoms with van der Waals surface area (Å²) in [5, 5.41) is 18.5. The second-order valence-electron chi connectivity index (χ2n) is 3.82. The predicted molar refractivity (Wildman–Crippen MR) is 60.8 cm³/mol. The summed E-state index contributed by atoms with van der Waals surface area (Å²) in [7, 11) is -9.32. The molecule has 0 saturated heterocycles. The van der Waals surface area contributed by atoms with Crippen LogP contribution in [-0.2, 0) is 38.3 Å². The maximum Gasteiger partial charge on any atom is 1.00 e. The van der Waals surface area contributed by atoms with Crippen molar-refractivity contribution in [1.29, 1.82) is 0 Å². The van der Waals surface area contributed by atoms with Gasteiger partial charge in [-0.2, -0.15) is 0 Å². The Kier molecular flexibility index (Phi) is 7.11. The van der Waals surface area contributed by atoms with Gasteiger partial charge in [0.25, 0.3) is 0 Å². The van der Waals surface area contributed by atoms with Crippen LogP contribution in [0.25, 0.3) is 0 Å². The van der Waals surface area contributed by atoms with Crippen molar-refractivity contribution in [3.05, 3.63) is 28.8 Å². The number of hydrogen-bond acceptors (Lipinski definition) is 8. The number of hydrogen-bond donors (Lipinski definition) is 2. The van der Waals surface area contributed by atoms with Crippen LogP contribution in [0.4, 0.5) is 0 Å². The molecule has 0 saturated carbocycles. The van der Waals surface area contributed by atoms with Gasteiger partial charge in [-0.05, 0) is 11.6 Å². The Hall–Kier alpha value is -0.200. The first-order valence-corrected chi connectivity index (χ1v) is 7.99. The van der Waals surface area contributed by atoms with Gasteiger partial charge in [0, 0.05) is 11.1 Å². The van der Waals surface area contributed by atoms with E-state index in [2.05, 4.69) is 0 Å². The fourth-order valence-electron chi connectivity index (χ4n) is 1.54. The number of aliphatic hydroxyl groups excluding tert-OH is 1. The van der Waals surface area contributed by atoms with Crippen LogP contribution < -0.4 is 29.6 Å². The van der Waals surface area contributed by atoms with E-state index >= 15 is 0 Å². The van der Waals surface area contributed by atoms with E-state index in [1.807, 2.05) is 0 Å². The molecule has 108 valence electrons. The first-order valence-electron chi connectivity index (χ1n) is 4.83. The van der Waals surface area contributed by atoms with Crippen LogP contribution in [0, 0.1) is 0 Å². The second kappa shape index (κ2) is 7.18. The maximum atomic E-state index is 10.6. The third-order valence-electron chi connectivity index (χ3n) is 2.17. The van der Waals surface area contributed by atoms with Gasteiger partial charge in [0.05, 0.1) is 38.3 Å². The van der Waals surface area contributed by atoms with Crippen LogP contribution in [0.2, 0.25) is 0 Å². The number of phenols is 1. The van der Waals surface area contributed by atoms with Crippen molar-refractivity contribution in [3.63, 3.8) is 0 Å². The monoisotopic (exact) mass is 333 g/mol. The molecular weight excluding hydrogens is 323 g/mol. The molecule has 1 rings (SSSR count). The molecule has 1 aromatic carbocycles. The normalized spacial score (nSPS) is 11.9. The molecule has 20 heavy (non-hydrogen) atoms. The first kappa shape index (κ1) is 19.8. The molecule has 0 spiro atoms. The minimum Gasteiger partial charge on any atom is -0.748 e. The molecular formula is C9H10NaO8S2-. The second-order valence-corrected chi connectivity index (χ2v) is 6.63. The SMILES string of the molecule is O=S(=O)([O-])Cc1cc(CO)c(O)c(CS(=O)(=O)[O-])c1.[Na+]. The van der Waals surface area contributed by atoms with E-state index in [0.717, 1.165) is 12.1 Å². The minimum absolute atomic E-state index is 0. The number of benzene rings is 1. The van der Waals surface area contributed by atoms with Gasteiger partial charge in [-0.3, -0.25) is 0 Å². The third kappa shape index (κ3) is 6.50. The zero-order valence-corrected chi connectivity index (χ0v) is 14.1. The standard InChI is InChI=1S/C9H12O8S2.Na/c10-3-7-1-6(4-18(12,13)14)2-8(9(7)11)5-19(15,16)17;/h1-2,10-11H,3-5H2,(H,12,13,14)(H,15,16,17);/q;+1/p-2. The van der Waals surface area contributed by atoms with Crippen LogP contribution >= 0.6 is 0 Å². The third-order valence-corrected chi connectivity index (χ3v) is 3.53. The van der Waals surface area contributed by atoms with E-state index < -0.39 is 44.1 Å². The van der Waals surface area contributed by atoms with E-state index in [-0.39, 0.29) is 46.2 Å². The first-order chi connectivity index (χ1) is 8.52. The summed E-state index contributed by atoms with van der Waals surface area (Å²) in [6, 6.07) is 1.98. The van der Waals surface area contributed by atoms with Crippen molar-refractivity contribution >= 4 is 20.2 Å². The molecule has 0 aliphatic heterocycles. The number of aromatic hydroxyl groups is 1. The molecule has 2 N–H and O–H groups in total. The quantitative estimate of drug-likeness (QED) is 0.408. The topological polar surface area (TPSA) is 155 Å². The molecule has 1 aromatic rings. The van der Waals surface area contributed by atoms with Gasteiger partial charge in [0.15, 0.2) is 0 Å². The molecule has 0 heterocycles. The van der Waals surface area contributed by atoms with Gasteiger partial charge in [-0.15, -0.1) is 0 Å². The summed E-state index contributed by atoms with van der Waals surface area (Å²) in [5.41, 5.74) is -0.643. The van der Waals surface area contributed by atoms with Crippen molar-refractivity contribution in [2.45, 2.75) is 18.1 Å². The Morgan fingerprint density at radius 3 is 1.80 bits per heavy atom. The summed E-state index contributed by atoms with van der Waals surface area (Å²) in [5.74, 6) is -2.63. The fraction of sp³-hybridized carbons (Fsp3) is 0.333. The molecule has 0 aromatic heterocycles. The summed E-state index contributed by atoms with van der Waals surface area (Å²) < 4.78 is 63.8. The smallest absolute Gasteiger partial charge is 0.748 e. The van der Waals surface area contributed by atoms with E-state index in [1.54, 1.807) is 0 Å². The summed E-state index contributed by atoms with van der Waals surface area (Å²) in [6.45, 7) is -0.704. The van der Waals surface area contributed by atoms with Gasteiger partial charge >= 0.3 is 29.6 Å². The van der Waals surface area contributed by atoms with Crippen molar-refractivity contribution in [2.24, 2.45) is 0 Å². The Bertz CT molecular complexity index is 680. The average molecular weight is 333 g/mol. The average Bonchev–Trinajstić information content (AvgIpc) is 2.18. The zero-order chi connectivity index (χ0) is 14.8. The largest absolute Gasteiger partial charge is 1.00 e. The Morgan fingerprint density at radius 2 is 1.40 bits per heavy atom. The summed E-state index contributed by atoms with van der Waals surface area (Å²) in [4.78, 5) is 0. The van der Waals surface area contributed by atoms with Crippen LogP contribution in [0.15, 0.2) is 12.1 Å². The van der Waals surface area contributed by atoms with Crippen LogP contribution in [0.1, 0.15) is 16.7 Å². The molecule has 0 bridgehead atoms. The van der Waals surface area contributed by atoms with Crippen molar-refractivity contribution in [2.75, 3.05) is 0 Å². The Morgan fingerprint density at radius 1 is 0.950 bits per heavy atom. The molecule has 0 unspecified atom stereocenters. The van der Waals surface area contributed by atoms with Gasteiger partial charge in [0.1, 0.15) is 5.75 Å². The van der Waals surface area contributed by atoms with Crippen molar-refractivity contribution in [3.8, 4) is 5.75 Å². The number of rotatable bonds is 5. The molecule has 0 fully saturated rings. The molecule has 8 nitrogen and oxygen atoms in total. The van der Waals surface area contributed by atoms with E-state index in [9.17, 15) is 31.0 Å². The Balaban J connectivity index is 0.00000361. The van der Waals surface area contributed by atoms with Crippen LogP contribution in [-0.4, -0.2) is 36.2 Å². The Labute approximate surface area is 138 Å². The van der Waals surface area contributed by atoms with Gasteiger partial charge < -0.3 is 19.3 Å². The van der Waals surface area contributed by atoms with Gasteiger partial charge in [-0.25, -0.2) is 16.8 Å². The molecule has 0 aliphatic carbocycles. The molecule has 0 amide bonds. The van der Waals surface area contributed by atoms with E-state index in [1.165, 1.54) is 0 Å². The van der Waals surface area contributed by atoms with Gasteiger partial charge in [0.2, 0.25) is 0 Å². The van der Waals surface area contributed by atoms with Crippen molar-refractivity contribution in [1.82, 2.24) is 0 Å². The van der Waals surface area contributed by atoms with Gasteiger partial charge in [-0.1, -0.05) is 6.07 Å². The van der Waals surface area contributed by atoms with Crippen molar-refractivity contribution < 1.29 is 65.7 Å². The predicted octanol–water partition coefficient (Wildman–Crippen LogP) is -4.02. The fourth-order valence-corrected chi connectivity index (χ4v) is 2.72. The minimum atomic E-state index is -4.70. The molecule has 0 atom stereocenters. The number of aliphatic hydroxyl groups is 1. The molecule has 0 radical (unpaired) electrons. The maximum absolute atomic E-state index is 10.6. The molecule has 11 heteroatoms. The van der Waals surface area contributed by atoms with E-state index in [4.69, 9.17) is 5.11 Å². The van der Waals surface area contributed by atoms with Crippen LogP contribution in [0.3, 0.4) is 0 Å². The summed E-state index contributed by atoms with van der Waals surface area (Å²) in [6.07, 6.45) is 0. The van der Waals surface area contributed by atoms with Crippen LogP contribution in [0.5, 0.6) is 5.75 Å². The zero-order valence-electron chi connectivity index (χ0n) is 10.4.